The number of rotatable bonds is 4. The lowest BCUT2D eigenvalue weighted by atomic mass is 10.1. The Bertz CT molecular complexity index is 677. The quantitative estimate of drug-likeness (QED) is 0.942. The zero-order valence-electron chi connectivity index (χ0n) is 12.6. The molecule has 2 heterocycles. The van der Waals surface area contributed by atoms with Gasteiger partial charge in [0.1, 0.15) is 5.52 Å². The summed E-state index contributed by atoms with van der Waals surface area (Å²) in [6.45, 7) is 4.04. The highest BCUT2D eigenvalue weighted by atomic mass is 35.5. The van der Waals surface area contributed by atoms with Crippen LogP contribution >= 0.6 is 11.6 Å². The molecule has 0 aliphatic carbocycles. The van der Waals surface area contributed by atoms with E-state index < -0.39 is 0 Å². The largest absolute Gasteiger partial charge is 0.480 e. The summed E-state index contributed by atoms with van der Waals surface area (Å²) in [6.07, 6.45) is 3.00. The van der Waals surface area contributed by atoms with Crippen LogP contribution in [0, 0.1) is 0 Å². The van der Waals surface area contributed by atoms with Crippen molar-refractivity contribution in [2.24, 2.45) is 0 Å². The van der Waals surface area contributed by atoms with Crippen molar-refractivity contribution in [1.29, 1.82) is 0 Å². The van der Waals surface area contributed by atoms with Crippen molar-refractivity contribution in [2.75, 3.05) is 14.1 Å². The van der Waals surface area contributed by atoms with Crippen LogP contribution in [0.2, 0.25) is 5.02 Å². The van der Waals surface area contributed by atoms with Gasteiger partial charge in [0, 0.05) is 26.3 Å². The molecule has 0 saturated heterocycles. The van der Waals surface area contributed by atoms with Crippen LogP contribution in [-0.2, 0) is 0 Å². The van der Waals surface area contributed by atoms with Crippen LogP contribution in [0.25, 0.3) is 11.2 Å². The van der Waals surface area contributed by atoms with E-state index >= 15 is 0 Å². The summed E-state index contributed by atoms with van der Waals surface area (Å²) in [5.74, 6) is -0.237. The first-order valence-corrected chi connectivity index (χ1v) is 7.27. The summed E-state index contributed by atoms with van der Waals surface area (Å²) in [6, 6.07) is -0.106. The van der Waals surface area contributed by atoms with E-state index in [-0.39, 0.29) is 23.0 Å². The fourth-order valence-electron chi connectivity index (χ4n) is 2.45. The molecule has 0 atom stereocenters. The fourth-order valence-corrected chi connectivity index (χ4v) is 2.67. The lowest BCUT2D eigenvalue weighted by Gasteiger charge is -2.19. The van der Waals surface area contributed by atoms with Crippen molar-refractivity contribution in [2.45, 2.75) is 32.7 Å². The van der Waals surface area contributed by atoms with E-state index in [0.29, 0.717) is 16.7 Å². The lowest BCUT2D eigenvalue weighted by molar-refractivity contribution is 0.0829. The first kappa shape index (κ1) is 15.6. The van der Waals surface area contributed by atoms with E-state index in [2.05, 4.69) is 9.97 Å². The van der Waals surface area contributed by atoms with Gasteiger partial charge in [0.2, 0.25) is 0 Å². The standard InChI is InChI=1S/C14H19ClN4O2/c1-5-8(6-2)19-11-10(13(20)18(3)4)9(15)7-16-12(11)17-14(19)21/h7-8H,5-6H2,1-4H3,(H,16,17,21). The molecule has 21 heavy (non-hydrogen) atoms. The maximum atomic E-state index is 12.4. The van der Waals surface area contributed by atoms with Gasteiger partial charge in [0.05, 0.1) is 10.6 Å². The zero-order chi connectivity index (χ0) is 15.7. The van der Waals surface area contributed by atoms with Crippen LogP contribution in [0.1, 0.15) is 43.1 Å². The van der Waals surface area contributed by atoms with Crippen LogP contribution in [0.5, 0.6) is 6.01 Å². The lowest BCUT2D eigenvalue weighted by Crippen LogP contribution is -2.23. The predicted molar refractivity (Wildman–Crippen MR) is 81.8 cm³/mol. The minimum absolute atomic E-state index is 0.0315. The molecule has 0 spiro atoms. The van der Waals surface area contributed by atoms with Crippen molar-refractivity contribution >= 4 is 28.7 Å². The molecular weight excluding hydrogens is 292 g/mol. The Morgan fingerprint density at radius 2 is 2.05 bits per heavy atom. The van der Waals surface area contributed by atoms with Crippen LogP contribution < -0.4 is 0 Å². The Labute approximate surface area is 128 Å². The second-order valence-corrected chi connectivity index (χ2v) is 5.51. The number of carbonyl (C=O) groups is 1. The number of aromatic hydroxyl groups is 1. The van der Waals surface area contributed by atoms with Crippen molar-refractivity contribution in [1.82, 2.24) is 19.4 Å². The summed E-state index contributed by atoms with van der Waals surface area (Å²) in [7, 11) is 3.31. The summed E-state index contributed by atoms with van der Waals surface area (Å²) in [5.41, 5.74) is 1.15. The highest BCUT2D eigenvalue weighted by Gasteiger charge is 2.25. The maximum absolute atomic E-state index is 12.4. The summed E-state index contributed by atoms with van der Waals surface area (Å²) in [5, 5.41) is 10.4. The molecule has 0 aromatic carbocycles. The van der Waals surface area contributed by atoms with Crippen molar-refractivity contribution in [3.8, 4) is 6.01 Å². The minimum atomic E-state index is -0.237. The van der Waals surface area contributed by atoms with E-state index in [4.69, 9.17) is 11.6 Å². The number of fused-ring (bicyclic) bond motifs is 1. The molecule has 0 fully saturated rings. The van der Waals surface area contributed by atoms with Crippen LogP contribution in [0.4, 0.5) is 0 Å². The SMILES string of the molecule is CCC(CC)n1c(O)nc2ncc(Cl)c(C(=O)N(C)C)c21. The number of halogens is 1. The molecule has 2 aromatic heterocycles. The Morgan fingerprint density at radius 3 is 2.57 bits per heavy atom. The maximum Gasteiger partial charge on any atom is 0.296 e. The van der Waals surface area contributed by atoms with E-state index in [1.807, 2.05) is 13.8 Å². The number of hydrogen-bond acceptors (Lipinski definition) is 4. The summed E-state index contributed by atoms with van der Waals surface area (Å²) >= 11 is 6.18. The normalized spacial score (nSPS) is 11.3. The zero-order valence-corrected chi connectivity index (χ0v) is 13.3. The van der Waals surface area contributed by atoms with Gasteiger partial charge in [-0.15, -0.1) is 0 Å². The highest BCUT2D eigenvalue weighted by Crippen LogP contribution is 2.33. The van der Waals surface area contributed by atoms with Crippen LogP contribution in [-0.4, -0.2) is 44.5 Å². The average Bonchev–Trinajstić information content (AvgIpc) is 2.77. The van der Waals surface area contributed by atoms with E-state index in [9.17, 15) is 9.90 Å². The number of nitrogens with zero attached hydrogens (tertiary/aromatic N) is 4. The van der Waals surface area contributed by atoms with E-state index in [1.165, 1.54) is 11.1 Å². The highest BCUT2D eigenvalue weighted by molar-refractivity contribution is 6.35. The number of carbonyl (C=O) groups excluding carboxylic acids is 1. The first-order valence-electron chi connectivity index (χ1n) is 6.89. The number of aromatic nitrogens is 3. The molecule has 0 unspecified atom stereocenters. The Balaban J connectivity index is 2.84. The third kappa shape index (κ3) is 2.55. The molecule has 0 aliphatic rings. The third-order valence-corrected chi connectivity index (χ3v) is 3.86. The van der Waals surface area contributed by atoms with Gasteiger partial charge in [-0.25, -0.2) is 4.98 Å². The van der Waals surface area contributed by atoms with Gasteiger partial charge in [-0.05, 0) is 12.8 Å². The predicted octanol–water partition coefficient (Wildman–Crippen LogP) is 2.85. The number of amides is 1. The molecule has 0 radical (unpaired) electrons. The molecule has 0 aliphatic heterocycles. The van der Waals surface area contributed by atoms with Crippen LogP contribution in [0.15, 0.2) is 6.20 Å². The van der Waals surface area contributed by atoms with E-state index in [1.54, 1.807) is 18.7 Å². The van der Waals surface area contributed by atoms with Gasteiger partial charge < -0.3 is 10.0 Å². The molecule has 1 amide bonds. The molecule has 7 heteroatoms. The average molecular weight is 311 g/mol. The molecular formula is C14H19ClN4O2. The summed E-state index contributed by atoms with van der Waals surface area (Å²) < 4.78 is 1.66. The summed E-state index contributed by atoms with van der Waals surface area (Å²) in [4.78, 5) is 22.0. The number of imidazole rings is 1. The third-order valence-electron chi connectivity index (χ3n) is 3.58. The molecule has 2 aromatic rings. The second kappa shape index (κ2) is 5.89. The number of pyridine rings is 1. The monoisotopic (exact) mass is 310 g/mol. The van der Waals surface area contributed by atoms with Gasteiger partial charge in [0.25, 0.3) is 11.9 Å². The van der Waals surface area contributed by atoms with Crippen molar-refractivity contribution in [3.05, 3.63) is 16.8 Å². The van der Waals surface area contributed by atoms with E-state index in [0.717, 1.165) is 12.8 Å². The van der Waals surface area contributed by atoms with Gasteiger partial charge in [0.15, 0.2) is 5.65 Å². The molecule has 0 bridgehead atoms. The number of hydrogen-bond donors (Lipinski definition) is 1. The molecule has 6 nitrogen and oxygen atoms in total. The van der Waals surface area contributed by atoms with Crippen molar-refractivity contribution < 1.29 is 9.90 Å². The Kier molecular flexibility index (Phi) is 4.37. The first-order chi connectivity index (χ1) is 9.92. The minimum Gasteiger partial charge on any atom is -0.480 e. The Morgan fingerprint density at radius 1 is 1.43 bits per heavy atom. The second-order valence-electron chi connectivity index (χ2n) is 5.11. The van der Waals surface area contributed by atoms with Crippen molar-refractivity contribution in [3.63, 3.8) is 0 Å². The van der Waals surface area contributed by atoms with Gasteiger partial charge >= 0.3 is 0 Å². The molecule has 0 saturated carbocycles. The molecule has 114 valence electrons. The van der Waals surface area contributed by atoms with Gasteiger partial charge in [-0.3, -0.25) is 9.36 Å². The smallest absolute Gasteiger partial charge is 0.296 e. The molecule has 2 rings (SSSR count). The van der Waals surface area contributed by atoms with Crippen LogP contribution in [0.3, 0.4) is 0 Å². The Hall–Kier alpha value is -1.82. The topological polar surface area (TPSA) is 71.2 Å². The molecule has 1 N–H and O–H groups in total. The van der Waals surface area contributed by atoms with Gasteiger partial charge in [-0.2, -0.15) is 4.98 Å². The van der Waals surface area contributed by atoms with Gasteiger partial charge in [-0.1, -0.05) is 25.4 Å². The fraction of sp³-hybridized carbons (Fsp3) is 0.500.